The van der Waals surface area contributed by atoms with Crippen LogP contribution in [-0.2, 0) is 0 Å². The summed E-state index contributed by atoms with van der Waals surface area (Å²) < 4.78 is 5.73. The van der Waals surface area contributed by atoms with Gasteiger partial charge in [0, 0.05) is 45.7 Å². The topological polar surface area (TPSA) is 63.3 Å². The zero-order valence-electron chi connectivity index (χ0n) is 13.8. The van der Waals surface area contributed by atoms with E-state index in [2.05, 4.69) is 21.9 Å². The van der Waals surface area contributed by atoms with Crippen molar-refractivity contribution < 1.29 is 4.74 Å². The molecule has 128 valence electrons. The Morgan fingerprint density at radius 2 is 1.83 bits per heavy atom. The van der Waals surface area contributed by atoms with Gasteiger partial charge in [-0.1, -0.05) is 23.7 Å². The smallest absolute Gasteiger partial charge is 0.137 e. The summed E-state index contributed by atoms with van der Waals surface area (Å²) in [5.74, 6) is 0.687. The summed E-state index contributed by atoms with van der Waals surface area (Å²) in [6.45, 7) is 6.11. The number of hydrogen-bond acceptors (Lipinski definition) is 5. The van der Waals surface area contributed by atoms with Crippen molar-refractivity contribution in [3.63, 3.8) is 0 Å². The van der Waals surface area contributed by atoms with E-state index in [4.69, 9.17) is 26.9 Å². The van der Waals surface area contributed by atoms with Crippen LogP contribution < -0.4 is 4.74 Å². The second-order valence-corrected chi connectivity index (χ2v) is 6.35. The van der Waals surface area contributed by atoms with E-state index < -0.39 is 0 Å². The number of benzene rings is 1. The van der Waals surface area contributed by atoms with Crippen LogP contribution in [0.2, 0.25) is 5.02 Å². The Kier molecular flexibility index (Phi) is 7.85. The minimum atomic E-state index is -0.0419. The van der Waals surface area contributed by atoms with Crippen molar-refractivity contribution in [2.24, 2.45) is 5.92 Å². The van der Waals surface area contributed by atoms with Gasteiger partial charge in [-0.05, 0) is 18.6 Å². The van der Waals surface area contributed by atoms with Crippen molar-refractivity contribution in [3.8, 4) is 17.9 Å². The fourth-order valence-electron chi connectivity index (χ4n) is 2.79. The molecule has 1 aliphatic rings. The lowest BCUT2D eigenvalue weighted by Crippen LogP contribution is -2.48. The minimum absolute atomic E-state index is 0.0419. The number of para-hydroxylation sites is 1. The first-order valence-electron chi connectivity index (χ1n) is 8.31. The Labute approximate surface area is 149 Å². The summed E-state index contributed by atoms with van der Waals surface area (Å²) in [7, 11) is 0. The monoisotopic (exact) mass is 346 g/mol. The minimum Gasteiger partial charge on any atom is -0.491 e. The van der Waals surface area contributed by atoms with E-state index in [0.717, 1.165) is 45.0 Å². The molecular weight excluding hydrogens is 324 g/mol. The highest BCUT2D eigenvalue weighted by Crippen LogP contribution is 2.22. The molecule has 0 amide bonds. The van der Waals surface area contributed by atoms with E-state index in [-0.39, 0.29) is 5.92 Å². The molecular formula is C18H23ClN4O. The Hall–Kier alpha value is -1.79. The molecule has 0 spiro atoms. The second kappa shape index (κ2) is 10.2. The van der Waals surface area contributed by atoms with Gasteiger partial charge in [0.25, 0.3) is 0 Å². The summed E-state index contributed by atoms with van der Waals surface area (Å²) in [5, 5.41) is 18.4. The molecule has 6 heteroatoms. The lowest BCUT2D eigenvalue weighted by Gasteiger charge is -2.35. The average Bonchev–Trinajstić information content (AvgIpc) is 2.61. The lowest BCUT2D eigenvalue weighted by molar-refractivity contribution is 0.110. The molecule has 1 heterocycles. The summed E-state index contributed by atoms with van der Waals surface area (Å²) in [5.41, 5.74) is 0. The van der Waals surface area contributed by atoms with Gasteiger partial charge in [-0.25, -0.2) is 0 Å². The van der Waals surface area contributed by atoms with Crippen molar-refractivity contribution in [3.05, 3.63) is 29.3 Å². The highest BCUT2D eigenvalue weighted by atomic mass is 35.5. The number of rotatable bonds is 8. The van der Waals surface area contributed by atoms with Crippen LogP contribution in [0.5, 0.6) is 5.75 Å². The molecule has 1 aromatic rings. The van der Waals surface area contributed by atoms with E-state index in [9.17, 15) is 0 Å². The molecule has 5 nitrogen and oxygen atoms in total. The van der Waals surface area contributed by atoms with Crippen molar-refractivity contribution >= 4 is 11.6 Å². The maximum Gasteiger partial charge on any atom is 0.137 e. The normalized spacial score (nSPS) is 17.0. The quantitative estimate of drug-likeness (QED) is 0.724. The van der Waals surface area contributed by atoms with Gasteiger partial charge in [-0.2, -0.15) is 10.5 Å². The van der Waals surface area contributed by atoms with Crippen LogP contribution in [0.4, 0.5) is 0 Å². The molecule has 0 aromatic heterocycles. The number of ether oxygens (including phenoxy) is 1. The molecule has 1 aliphatic heterocycles. The predicted molar refractivity (Wildman–Crippen MR) is 93.8 cm³/mol. The summed E-state index contributed by atoms with van der Waals surface area (Å²) >= 11 is 6.07. The van der Waals surface area contributed by atoms with Crippen LogP contribution in [0.15, 0.2) is 24.3 Å². The first-order valence-corrected chi connectivity index (χ1v) is 8.69. The number of nitriles is 2. The molecule has 1 fully saturated rings. The van der Waals surface area contributed by atoms with E-state index in [1.165, 1.54) is 0 Å². The van der Waals surface area contributed by atoms with Crippen LogP contribution in [0.3, 0.4) is 0 Å². The second-order valence-electron chi connectivity index (χ2n) is 5.94. The Bertz CT molecular complexity index is 587. The van der Waals surface area contributed by atoms with Crippen molar-refractivity contribution in [2.75, 3.05) is 45.9 Å². The van der Waals surface area contributed by atoms with Crippen molar-refractivity contribution in [2.45, 2.75) is 12.8 Å². The fourth-order valence-corrected chi connectivity index (χ4v) is 2.98. The molecule has 1 atom stereocenters. The summed E-state index contributed by atoms with van der Waals surface area (Å²) in [6.07, 6.45) is 1.12. The number of hydrogen-bond donors (Lipinski definition) is 0. The van der Waals surface area contributed by atoms with Gasteiger partial charge in [0.1, 0.15) is 12.4 Å². The van der Waals surface area contributed by atoms with Crippen LogP contribution in [0, 0.1) is 28.6 Å². The maximum atomic E-state index is 9.16. The lowest BCUT2D eigenvalue weighted by atomic mass is 10.0. The van der Waals surface area contributed by atoms with Gasteiger partial charge in [0.05, 0.1) is 23.1 Å². The summed E-state index contributed by atoms with van der Waals surface area (Å²) in [6, 6.07) is 11.9. The highest BCUT2D eigenvalue weighted by Gasteiger charge is 2.19. The van der Waals surface area contributed by atoms with Crippen molar-refractivity contribution in [1.82, 2.24) is 9.80 Å². The molecule has 0 radical (unpaired) electrons. The van der Waals surface area contributed by atoms with Gasteiger partial charge in [-0.3, -0.25) is 9.80 Å². The van der Waals surface area contributed by atoms with Gasteiger partial charge in [0.2, 0.25) is 0 Å². The van der Waals surface area contributed by atoms with Gasteiger partial charge >= 0.3 is 0 Å². The molecule has 2 rings (SSSR count). The third kappa shape index (κ3) is 6.02. The van der Waals surface area contributed by atoms with E-state index in [1.54, 1.807) is 0 Å². The zero-order chi connectivity index (χ0) is 17.2. The Morgan fingerprint density at radius 3 is 2.50 bits per heavy atom. The third-order valence-electron chi connectivity index (χ3n) is 4.23. The largest absolute Gasteiger partial charge is 0.491 e. The van der Waals surface area contributed by atoms with E-state index in [1.807, 2.05) is 24.3 Å². The third-order valence-corrected chi connectivity index (χ3v) is 4.54. The van der Waals surface area contributed by atoms with Crippen LogP contribution in [0.1, 0.15) is 12.8 Å². The molecule has 1 aromatic carbocycles. The van der Waals surface area contributed by atoms with Gasteiger partial charge in [0.15, 0.2) is 0 Å². The standard InChI is InChI=1S/C18H23ClN4O/c19-17-5-1-2-6-18(17)24-13-12-22-8-10-23(11-9-22)15-16(14-21)4-3-7-20/h1-2,5-6,16H,3-4,8-13,15H2/t16-/m1/s1. The number of nitrogens with zero attached hydrogens (tertiary/aromatic N) is 4. The van der Waals surface area contributed by atoms with Crippen LogP contribution in [0.25, 0.3) is 0 Å². The van der Waals surface area contributed by atoms with E-state index >= 15 is 0 Å². The molecule has 1 saturated heterocycles. The molecule has 24 heavy (non-hydrogen) atoms. The Balaban J connectivity index is 1.65. The maximum absolute atomic E-state index is 9.16. The molecule has 0 unspecified atom stereocenters. The van der Waals surface area contributed by atoms with Crippen LogP contribution >= 0.6 is 11.6 Å². The van der Waals surface area contributed by atoms with Gasteiger partial charge in [-0.15, -0.1) is 0 Å². The highest BCUT2D eigenvalue weighted by molar-refractivity contribution is 6.32. The molecule has 0 aliphatic carbocycles. The predicted octanol–water partition coefficient (Wildman–Crippen LogP) is 2.78. The number of halogens is 1. The van der Waals surface area contributed by atoms with Crippen LogP contribution in [-0.4, -0.2) is 55.7 Å². The average molecular weight is 347 g/mol. The molecule has 0 bridgehead atoms. The van der Waals surface area contributed by atoms with Gasteiger partial charge < -0.3 is 4.74 Å². The Morgan fingerprint density at radius 1 is 1.12 bits per heavy atom. The first kappa shape index (κ1) is 18.5. The first-order chi connectivity index (χ1) is 11.7. The zero-order valence-corrected chi connectivity index (χ0v) is 14.6. The van der Waals surface area contributed by atoms with E-state index in [0.29, 0.717) is 24.5 Å². The SMILES string of the molecule is N#CCC[C@H](C#N)CN1CCN(CCOc2ccccc2Cl)CC1. The fraction of sp³-hybridized carbons (Fsp3) is 0.556. The molecule has 0 saturated carbocycles. The molecule has 0 N–H and O–H groups in total. The van der Waals surface area contributed by atoms with Crippen molar-refractivity contribution in [1.29, 1.82) is 10.5 Å². The number of piperazine rings is 1. The summed E-state index contributed by atoms with van der Waals surface area (Å²) in [4.78, 5) is 4.68.